The summed E-state index contributed by atoms with van der Waals surface area (Å²) < 4.78 is 0. The molecule has 4 nitrogen and oxygen atoms in total. The first-order valence-electron chi connectivity index (χ1n) is 6.45. The van der Waals surface area contributed by atoms with E-state index in [0.717, 1.165) is 18.3 Å². The first-order chi connectivity index (χ1) is 7.58. The minimum Gasteiger partial charge on any atom is -0.367 e. The second kappa shape index (κ2) is 5.00. The molecule has 1 saturated heterocycles. The van der Waals surface area contributed by atoms with Crippen molar-refractivity contribution in [2.24, 2.45) is 17.8 Å². The van der Waals surface area contributed by atoms with E-state index in [1.54, 1.807) is 0 Å². The molecule has 0 radical (unpaired) electrons. The van der Waals surface area contributed by atoms with Gasteiger partial charge in [0.05, 0.1) is 6.04 Å². The molecule has 1 saturated carbocycles. The molecule has 2 aliphatic rings. The van der Waals surface area contributed by atoms with E-state index in [2.05, 4.69) is 24.7 Å². The van der Waals surface area contributed by atoms with Crippen LogP contribution in [0.25, 0.3) is 0 Å². The van der Waals surface area contributed by atoms with Crippen molar-refractivity contribution in [2.75, 3.05) is 0 Å². The fraction of sp³-hybridized carbons (Fsp3) is 1.00. The van der Waals surface area contributed by atoms with E-state index in [1.165, 1.54) is 19.3 Å². The van der Waals surface area contributed by atoms with Gasteiger partial charge in [0.1, 0.15) is 0 Å². The molecule has 1 aliphatic carbocycles. The molecule has 1 aliphatic heterocycles. The molecule has 5 atom stereocenters. The van der Waals surface area contributed by atoms with E-state index in [0.29, 0.717) is 12.0 Å². The lowest BCUT2D eigenvalue weighted by molar-refractivity contribution is -0.0640. The van der Waals surface area contributed by atoms with Gasteiger partial charge < -0.3 is 10.2 Å². The average Bonchev–Trinajstić information content (AvgIpc) is 2.71. The van der Waals surface area contributed by atoms with Crippen LogP contribution in [0, 0.1) is 17.8 Å². The number of aliphatic hydroxyl groups excluding tert-OH is 1. The van der Waals surface area contributed by atoms with Crippen molar-refractivity contribution in [1.29, 1.82) is 0 Å². The Bertz CT molecular complexity index is 235. The Hall–Kier alpha value is -0.160. The molecule has 0 amide bonds. The van der Waals surface area contributed by atoms with Gasteiger partial charge in [-0.25, -0.2) is 5.43 Å². The van der Waals surface area contributed by atoms with Gasteiger partial charge in [-0.3, -0.25) is 5.43 Å². The molecule has 94 valence electrons. The smallest absolute Gasteiger partial charge is 0.168 e. The highest BCUT2D eigenvalue weighted by atomic mass is 16.5. The van der Waals surface area contributed by atoms with Gasteiger partial charge in [-0.05, 0) is 37.0 Å². The highest BCUT2D eigenvalue weighted by Gasteiger charge is 2.36. The van der Waals surface area contributed by atoms with Crippen molar-refractivity contribution in [3.05, 3.63) is 0 Å². The van der Waals surface area contributed by atoms with Crippen LogP contribution in [-0.2, 0) is 0 Å². The average molecular weight is 228 g/mol. The number of hydrogen-bond donors (Lipinski definition) is 4. The van der Waals surface area contributed by atoms with Gasteiger partial charge in [-0.1, -0.05) is 20.3 Å². The number of hydrogen-bond acceptors (Lipinski definition) is 4. The third-order valence-electron chi connectivity index (χ3n) is 4.53. The van der Waals surface area contributed by atoms with Gasteiger partial charge in [-0.15, -0.1) is 0 Å². The highest BCUT2D eigenvalue weighted by molar-refractivity contribution is 4.90. The molecule has 4 N–H and O–H groups in total. The SMILES string of the molecule is CC1CCC(C2CC(C(O)O)NN2)CC1C. The minimum atomic E-state index is -1.25. The van der Waals surface area contributed by atoms with Gasteiger partial charge in [0.15, 0.2) is 6.29 Å². The molecule has 4 heteroatoms. The van der Waals surface area contributed by atoms with E-state index >= 15 is 0 Å². The van der Waals surface area contributed by atoms with Crippen molar-refractivity contribution in [1.82, 2.24) is 10.9 Å². The van der Waals surface area contributed by atoms with Crippen LogP contribution in [0.2, 0.25) is 0 Å². The maximum absolute atomic E-state index is 9.12. The van der Waals surface area contributed by atoms with E-state index in [9.17, 15) is 0 Å². The van der Waals surface area contributed by atoms with Gasteiger partial charge in [0.25, 0.3) is 0 Å². The first-order valence-corrected chi connectivity index (χ1v) is 6.45. The van der Waals surface area contributed by atoms with Crippen LogP contribution in [0.4, 0.5) is 0 Å². The molecule has 0 aromatic heterocycles. The van der Waals surface area contributed by atoms with Gasteiger partial charge in [0.2, 0.25) is 0 Å². The van der Waals surface area contributed by atoms with Crippen LogP contribution in [0.1, 0.15) is 39.5 Å². The topological polar surface area (TPSA) is 64.5 Å². The summed E-state index contributed by atoms with van der Waals surface area (Å²) in [6, 6.07) is 0.196. The molecule has 5 unspecified atom stereocenters. The zero-order chi connectivity index (χ0) is 11.7. The summed E-state index contributed by atoms with van der Waals surface area (Å²) in [5.41, 5.74) is 6.20. The zero-order valence-corrected chi connectivity index (χ0v) is 10.2. The van der Waals surface area contributed by atoms with Crippen molar-refractivity contribution in [3.63, 3.8) is 0 Å². The number of aliphatic hydroxyl groups is 2. The van der Waals surface area contributed by atoms with Crippen LogP contribution in [0.3, 0.4) is 0 Å². The van der Waals surface area contributed by atoms with Gasteiger partial charge in [0, 0.05) is 6.04 Å². The molecule has 2 fully saturated rings. The molecule has 16 heavy (non-hydrogen) atoms. The quantitative estimate of drug-likeness (QED) is 0.523. The monoisotopic (exact) mass is 228 g/mol. The van der Waals surface area contributed by atoms with Crippen molar-refractivity contribution >= 4 is 0 Å². The van der Waals surface area contributed by atoms with Crippen molar-refractivity contribution in [2.45, 2.75) is 57.9 Å². The first kappa shape index (κ1) is 12.3. The van der Waals surface area contributed by atoms with Gasteiger partial charge >= 0.3 is 0 Å². The Labute approximate surface area is 97.4 Å². The Kier molecular flexibility index (Phi) is 3.85. The lowest BCUT2D eigenvalue weighted by Gasteiger charge is -2.35. The van der Waals surface area contributed by atoms with Crippen LogP contribution in [0.15, 0.2) is 0 Å². The number of nitrogens with one attached hydrogen (secondary N) is 2. The van der Waals surface area contributed by atoms with Crippen molar-refractivity contribution in [3.8, 4) is 0 Å². The summed E-state index contributed by atoms with van der Waals surface area (Å²) in [5, 5.41) is 18.2. The predicted molar refractivity (Wildman–Crippen MR) is 62.4 cm³/mol. The molecule has 2 rings (SSSR count). The molecule has 0 aromatic rings. The second-order valence-corrected chi connectivity index (χ2v) is 5.68. The minimum absolute atomic E-state index is 0.209. The molecule has 1 heterocycles. The largest absolute Gasteiger partial charge is 0.367 e. The lowest BCUT2D eigenvalue weighted by atomic mass is 9.72. The lowest BCUT2D eigenvalue weighted by Crippen LogP contribution is -2.41. The van der Waals surface area contributed by atoms with E-state index in [-0.39, 0.29) is 6.04 Å². The van der Waals surface area contributed by atoms with E-state index < -0.39 is 6.29 Å². The predicted octanol–water partition coefficient (Wildman–Crippen LogP) is 0.605. The summed E-state index contributed by atoms with van der Waals surface area (Å²) in [6.45, 7) is 4.67. The van der Waals surface area contributed by atoms with E-state index in [4.69, 9.17) is 10.2 Å². The summed E-state index contributed by atoms with van der Waals surface area (Å²) in [5.74, 6) is 2.31. The van der Waals surface area contributed by atoms with Crippen LogP contribution < -0.4 is 10.9 Å². The Morgan fingerprint density at radius 3 is 2.31 bits per heavy atom. The normalized spacial score (nSPS) is 45.2. The molecular weight excluding hydrogens is 204 g/mol. The fourth-order valence-electron chi connectivity index (χ4n) is 3.07. The zero-order valence-electron chi connectivity index (χ0n) is 10.2. The Morgan fingerprint density at radius 1 is 1.00 bits per heavy atom. The molecule has 0 spiro atoms. The Morgan fingerprint density at radius 2 is 1.75 bits per heavy atom. The third-order valence-corrected chi connectivity index (χ3v) is 4.53. The molecule has 0 aromatic carbocycles. The molecule has 0 bridgehead atoms. The summed E-state index contributed by atoms with van der Waals surface area (Å²) in [4.78, 5) is 0. The highest BCUT2D eigenvalue weighted by Crippen LogP contribution is 2.36. The fourth-order valence-corrected chi connectivity index (χ4v) is 3.07. The summed E-state index contributed by atoms with van der Waals surface area (Å²) in [7, 11) is 0. The number of hydrazine groups is 1. The number of rotatable bonds is 2. The van der Waals surface area contributed by atoms with Crippen LogP contribution in [-0.4, -0.2) is 28.6 Å². The molecular formula is C12H24N2O2. The summed E-state index contributed by atoms with van der Waals surface area (Å²) >= 11 is 0. The maximum Gasteiger partial charge on any atom is 0.168 e. The summed E-state index contributed by atoms with van der Waals surface area (Å²) in [6.07, 6.45) is 3.39. The third kappa shape index (κ3) is 2.56. The van der Waals surface area contributed by atoms with E-state index in [1.807, 2.05) is 0 Å². The second-order valence-electron chi connectivity index (χ2n) is 5.68. The van der Waals surface area contributed by atoms with Crippen LogP contribution >= 0.6 is 0 Å². The standard InChI is InChI=1S/C12H24N2O2/c1-7-3-4-9(5-8(7)2)10-6-11(12(15)16)14-13-10/h7-16H,3-6H2,1-2H3. The Balaban J connectivity index is 1.85. The van der Waals surface area contributed by atoms with Crippen molar-refractivity contribution < 1.29 is 10.2 Å². The van der Waals surface area contributed by atoms with Crippen LogP contribution in [0.5, 0.6) is 0 Å². The van der Waals surface area contributed by atoms with Gasteiger partial charge in [-0.2, -0.15) is 0 Å². The maximum atomic E-state index is 9.12.